The second-order valence-corrected chi connectivity index (χ2v) is 25.4. The number of aromatic nitrogens is 4. The molecule has 0 unspecified atom stereocenters. The molecule has 13 nitrogen and oxygen atoms in total. The Labute approximate surface area is 386 Å². The molecule has 0 radical (unpaired) electrons. The Balaban J connectivity index is 1.21. The topological polar surface area (TPSA) is 122 Å². The van der Waals surface area contributed by atoms with Crippen molar-refractivity contribution in [1.82, 2.24) is 34.9 Å². The van der Waals surface area contributed by atoms with Crippen molar-refractivity contribution in [2.24, 2.45) is 4.99 Å². The summed E-state index contributed by atoms with van der Waals surface area (Å²) in [5.74, 6) is 6.31. The van der Waals surface area contributed by atoms with E-state index in [0.717, 1.165) is 76.8 Å². The Morgan fingerprint density at radius 3 is 2.58 bits per heavy atom. The van der Waals surface area contributed by atoms with Crippen molar-refractivity contribution in [3.8, 4) is 17.6 Å². The molecule has 0 spiro atoms. The van der Waals surface area contributed by atoms with Crippen molar-refractivity contribution in [2.45, 2.75) is 83.9 Å². The maximum atomic E-state index is 14.9. The van der Waals surface area contributed by atoms with E-state index in [1.54, 1.807) is 23.5 Å². The van der Waals surface area contributed by atoms with E-state index in [2.05, 4.69) is 70.5 Å². The molecule has 4 heterocycles. The number of anilines is 2. The molecule has 0 amide bonds. The van der Waals surface area contributed by atoms with Crippen molar-refractivity contribution in [3.05, 3.63) is 80.8 Å². The second kappa shape index (κ2) is 23.6. The predicted octanol–water partition coefficient (Wildman–Crippen LogP) is 8.25. The molecular formula is C47H64FN9O4S2Si. The van der Waals surface area contributed by atoms with Gasteiger partial charge in [0, 0.05) is 37.7 Å². The average Bonchev–Trinajstić information content (AvgIpc) is 3.84. The number of nitrogens with one attached hydrogen (secondary N) is 1. The monoisotopic (exact) mass is 929 g/mol. The number of piperidine rings is 1. The minimum Gasteiger partial charge on any atom is -0.491 e. The van der Waals surface area contributed by atoms with E-state index in [1.165, 1.54) is 24.5 Å². The van der Waals surface area contributed by atoms with Crippen molar-refractivity contribution in [3.63, 3.8) is 0 Å². The summed E-state index contributed by atoms with van der Waals surface area (Å²) in [6.45, 7) is 14.7. The molecule has 0 aliphatic carbocycles. The number of esters is 1. The number of aryl methyl sites for hydroxylation is 2. The highest BCUT2D eigenvalue weighted by atomic mass is 32.1. The minimum absolute atomic E-state index is 0.157. The average molecular weight is 930 g/mol. The Morgan fingerprint density at radius 2 is 1.84 bits per heavy atom. The summed E-state index contributed by atoms with van der Waals surface area (Å²) < 4.78 is 35.4. The summed E-state index contributed by atoms with van der Waals surface area (Å²) in [5, 5.41) is 13.8. The van der Waals surface area contributed by atoms with Crippen LogP contribution in [0.25, 0.3) is 10.2 Å². The largest absolute Gasteiger partial charge is 0.491 e. The fourth-order valence-electron chi connectivity index (χ4n) is 7.08. The van der Waals surface area contributed by atoms with E-state index in [0.29, 0.717) is 67.6 Å². The number of carbonyl (C=O) groups is 1. The van der Waals surface area contributed by atoms with E-state index in [1.807, 2.05) is 49.0 Å². The number of carbonyl (C=O) groups excluding carboxylic acids is 1. The number of benzene rings is 2. The molecule has 3 aromatic heterocycles. The highest BCUT2D eigenvalue weighted by Gasteiger charge is 2.25. The number of ether oxygens (including phenoxy) is 3. The first-order valence-electron chi connectivity index (χ1n) is 22.2. The molecule has 1 saturated heterocycles. The van der Waals surface area contributed by atoms with Crippen molar-refractivity contribution in [2.75, 3.05) is 79.1 Å². The zero-order chi connectivity index (χ0) is 45.6. The molecule has 0 bridgehead atoms. The number of likely N-dealkylation sites (tertiary alicyclic amines) is 1. The third-order valence-electron chi connectivity index (χ3n) is 10.8. The van der Waals surface area contributed by atoms with Crippen LogP contribution in [0, 0.1) is 24.6 Å². The summed E-state index contributed by atoms with van der Waals surface area (Å²) in [4.78, 5) is 31.0. The molecule has 17 heteroatoms. The second-order valence-electron chi connectivity index (χ2n) is 17.7. The molecule has 1 aliphatic heterocycles. The van der Waals surface area contributed by atoms with Crippen LogP contribution in [0.1, 0.15) is 58.6 Å². The molecule has 1 fully saturated rings. The van der Waals surface area contributed by atoms with Gasteiger partial charge in [0.05, 0.1) is 30.5 Å². The first kappa shape index (κ1) is 48.9. The van der Waals surface area contributed by atoms with Crippen molar-refractivity contribution < 1.29 is 23.4 Å². The van der Waals surface area contributed by atoms with Gasteiger partial charge in [-0.05, 0) is 134 Å². The number of unbranched alkanes of at least 4 members (excludes halogenated alkanes) is 1. The van der Waals surface area contributed by atoms with Crippen LogP contribution in [0.15, 0.2) is 53.5 Å². The quantitative estimate of drug-likeness (QED) is 0.0332. The zero-order valence-corrected chi connectivity index (χ0v) is 41.3. The first-order valence-corrected chi connectivity index (χ1v) is 27.5. The van der Waals surface area contributed by atoms with Gasteiger partial charge in [-0.25, -0.2) is 14.2 Å². The lowest BCUT2D eigenvalue weighted by atomic mass is 10.1. The van der Waals surface area contributed by atoms with E-state index >= 15 is 0 Å². The molecule has 64 heavy (non-hydrogen) atoms. The highest BCUT2D eigenvalue weighted by Crippen LogP contribution is 2.34. The van der Waals surface area contributed by atoms with Crippen LogP contribution in [0.3, 0.4) is 0 Å². The van der Waals surface area contributed by atoms with Crippen LogP contribution >= 0.6 is 22.7 Å². The minimum atomic E-state index is -1.24. The molecule has 0 saturated carbocycles. The summed E-state index contributed by atoms with van der Waals surface area (Å²) in [6, 6.07) is 16.6. The molecule has 344 valence electrons. The summed E-state index contributed by atoms with van der Waals surface area (Å²) in [7, 11) is 6.16. The van der Waals surface area contributed by atoms with Gasteiger partial charge in [-0.15, -0.1) is 21.5 Å². The van der Waals surface area contributed by atoms with Crippen LogP contribution in [0.2, 0.25) is 25.7 Å². The molecule has 5 aromatic rings. The van der Waals surface area contributed by atoms with Crippen molar-refractivity contribution >= 4 is 63.7 Å². The summed E-state index contributed by atoms with van der Waals surface area (Å²) in [5.41, 5.74) is 2.76. The van der Waals surface area contributed by atoms with Crippen LogP contribution in [-0.4, -0.2) is 124 Å². The van der Waals surface area contributed by atoms with Crippen LogP contribution in [0.4, 0.5) is 21.2 Å². The molecule has 2 aromatic carbocycles. The lowest BCUT2D eigenvalue weighted by Crippen LogP contribution is -2.41. The van der Waals surface area contributed by atoms with Crippen molar-refractivity contribution in [1.29, 1.82) is 0 Å². The number of para-hydroxylation sites is 1. The number of methoxy groups -OCH3 is 1. The summed E-state index contributed by atoms with van der Waals surface area (Å²) in [6.07, 6.45) is 5.11. The highest BCUT2D eigenvalue weighted by molar-refractivity contribution is 7.16. The van der Waals surface area contributed by atoms with E-state index in [9.17, 15) is 9.18 Å². The number of thiazole rings is 2. The van der Waals surface area contributed by atoms with Crippen LogP contribution in [-0.2, 0) is 22.6 Å². The number of halogens is 1. The van der Waals surface area contributed by atoms with E-state index in [4.69, 9.17) is 29.3 Å². The van der Waals surface area contributed by atoms with Gasteiger partial charge in [0.25, 0.3) is 0 Å². The first-order chi connectivity index (χ1) is 30.8. The van der Waals surface area contributed by atoms with Gasteiger partial charge in [-0.3, -0.25) is 9.47 Å². The lowest BCUT2D eigenvalue weighted by Gasteiger charge is -2.29. The summed E-state index contributed by atoms with van der Waals surface area (Å²) >= 11 is 3.02. The maximum Gasteiger partial charge on any atom is 0.357 e. The van der Waals surface area contributed by atoms with Gasteiger partial charge in [0.15, 0.2) is 38.8 Å². The third-order valence-corrected chi connectivity index (χ3v) is 14.8. The number of hydrogen-bond acceptors (Lipinski definition) is 14. The van der Waals surface area contributed by atoms with Gasteiger partial charge in [-0.2, -0.15) is 4.99 Å². The number of hydrogen-bond donors (Lipinski definition) is 1. The zero-order valence-electron chi connectivity index (χ0n) is 38.7. The third kappa shape index (κ3) is 14.2. The van der Waals surface area contributed by atoms with E-state index in [-0.39, 0.29) is 18.1 Å². The fourth-order valence-corrected chi connectivity index (χ4v) is 9.98. The number of fused-ring (bicyclic) bond motifs is 1. The number of rotatable bonds is 21. The van der Waals surface area contributed by atoms with Gasteiger partial charge >= 0.3 is 5.97 Å². The van der Waals surface area contributed by atoms with E-state index < -0.39 is 19.9 Å². The SMILES string of the molecule is COC(=O)c1nc(N(CCCCNC2CCN(C)CC2)c2cc(C)c(/N=c3\sc4ccccc4n3COCC[Si](C)(C)C)nn2)sc1CCCOc1ccc(C#CCN(C)C)cc1F. The van der Waals surface area contributed by atoms with Gasteiger partial charge in [0.1, 0.15) is 6.73 Å². The molecule has 6 rings (SSSR count). The smallest absolute Gasteiger partial charge is 0.357 e. The molecule has 1 aliphatic rings. The van der Waals surface area contributed by atoms with Gasteiger partial charge in [0.2, 0.25) is 0 Å². The Kier molecular flexibility index (Phi) is 18.0. The normalized spacial score (nSPS) is 14.0. The molecule has 0 atom stereocenters. The number of nitrogens with zero attached hydrogens (tertiary/aromatic N) is 8. The Bertz CT molecular complexity index is 2450. The standard InChI is InChI=1S/C47H64FN9O4S2Si/c1-34-31-42(52-53-44(34)51-47-57(33-60-29-30-64(6,7)8)38-16-9-10-17-40(38)62-47)56(25-12-11-23-49-36-21-26-55(4)27-22-36)46-50-43(45(58)59-5)41(63-46)18-14-28-61-39-20-19-35(32-37(39)48)15-13-24-54(2)3/h9-10,16-17,19-20,31-32,36,49H,11-12,14,18,21-30,33H2,1-8H3/b51-47-. The van der Waals surface area contributed by atoms with Crippen LogP contribution in [0.5, 0.6) is 5.75 Å². The lowest BCUT2D eigenvalue weighted by molar-refractivity contribution is 0.0593. The fraction of sp³-hybridized carbons (Fsp3) is 0.511. The van der Waals surface area contributed by atoms with Crippen LogP contribution < -0.4 is 19.8 Å². The van der Waals surface area contributed by atoms with Gasteiger partial charge in [-0.1, -0.05) is 55.0 Å². The van der Waals surface area contributed by atoms with Gasteiger partial charge < -0.3 is 29.3 Å². The Morgan fingerprint density at radius 1 is 1.05 bits per heavy atom. The molecule has 1 N–H and O–H groups in total. The maximum absolute atomic E-state index is 14.9. The molecular weight excluding hydrogens is 866 g/mol. The predicted molar refractivity (Wildman–Crippen MR) is 260 cm³/mol. The Hall–Kier alpha value is -4.54.